The first-order valence-corrected chi connectivity index (χ1v) is 12.2. The number of nitrogens with one attached hydrogen (secondary N) is 2. The van der Waals surface area contributed by atoms with Crippen molar-refractivity contribution in [1.82, 2.24) is 19.9 Å². The largest absolute Gasteiger partial charge is 0.368 e. The minimum Gasteiger partial charge on any atom is -0.368 e. The van der Waals surface area contributed by atoms with Gasteiger partial charge in [-0.15, -0.1) is 0 Å². The summed E-state index contributed by atoms with van der Waals surface area (Å²) >= 11 is 13.0. The molecule has 3 heterocycles. The van der Waals surface area contributed by atoms with Gasteiger partial charge in [0, 0.05) is 48.3 Å². The van der Waals surface area contributed by atoms with Crippen LogP contribution in [-0.2, 0) is 0 Å². The maximum absolute atomic E-state index is 13.1. The molecule has 0 aliphatic carbocycles. The van der Waals surface area contributed by atoms with Crippen LogP contribution >= 0.6 is 23.2 Å². The van der Waals surface area contributed by atoms with Gasteiger partial charge in [-0.3, -0.25) is 14.7 Å². The molecule has 2 atom stereocenters. The lowest BCUT2D eigenvalue weighted by Crippen LogP contribution is -2.55. The molecule has 0 spiro atoms. The van der Waals surface area contributed by atoms with Crippen molar-refractivity contribution in [3.63, 3.8) is 0 Å². The highest BCUT2D eigenvalue weighted by Gasteiger charge is 2.27. The highest BCUT2D eigenvalue weighted by atomic mass is 35.5. The van der Waals surface area contributed by atoms with Crippen molar-refractivity contribution in [2.75, 3.05) is 30.4 Å². The van der Waals surface area contributed by atoms with Gasteiger partial charge >= 0.3 is 0 Å². The van der Waals surface area contributed by atoms with Crippen molar-refractivity contribution in [3.05, 3.63) is 70.5 Å². The van der Waals surface area contributed by atoms with Crippen LogP contribution in [0.3, 0.4) is 0 Å². The fourth-order valence-corrected chi connectivity index (χ4v) is 4.94. The van der Waals surface area contributed by atoms with Crippen molar-refractivity contribution in [2.45, 2.75) is 25.9 Å². The van der Waals surface area contributed by atoms with Gasteiger partial charge < -0.3 is 15.2 Å². The third-order valence-electron chi connectivity index (χ3n) is 6.68. The number of H-pyrrole nitrogens is 1. The predicted octanol–water partition coefficient (Wildman–Crippen LogP) is 5.71. The first-order chi connectivity index (χ1) is 16.8. The summed E-state index contributed by atoms with van der Waals surface area (Å²) in [6.07, 6.45) is 3.39. The molecule has 1 saturated heterocycles. The van der Waals surface area contributed by atoms with Crippen molar-refractivity contribution in [1.29, 1.82) is 0 Å². The van der Waals surface area contributed by atoms with Crippen molar-refractivity contribution in [3.8, 4) is 11.4 Å². The van der Waals surface area contributed by atoms with Crippen LogP contribution in [0.25, 0.3) is 22.4 Å². The number of hydrogen-bond acceptors (Lipinski definition) is 5. The van der Waals surface area contributed by atoms with E-state index in [0.717, 1.165) is 29.8 Å². The summed E-state index contributed by atoms with van der Waals surface area (Å²) in [5.41, 5.74) is 4.30. The molecule has 0 radical (unpaired) electrons. The van der Waals surface area contributed by atoms with Gasteiger partial charge in [0.25, 0.3) is 5.91 Å². The normalized spacial score (nSPS) is 18.7. The van der Waals surface area contributed by atoms with E-state index in [9.17, 15) is 4.79 Å². The van der Waals surface area contributed by atoms with Crippen LogP contribution in [0, 0.1) is 0 Å². The van der Waals surface area contributed by atoms with E-state index in [2.05, 4.69) is 51.0 Å². The Morgan fingerprint density at radius 1 is 1.06 bits per heavy atom. The number of piperazine rings is 1. The van der Waals surface area contributed by atoms with E-state index in [1.54, 1.807) is 36.7 Å². The van der Waals surface area contributed by atoms with Crippen molar-refractivity contribution in [2.24, 2.45) is 0 Å². The zero-order valence-corrected chi connectivity index (χ0v) is 21.2. The molecule has 1 fully saturated rings. The van der Waals surface area contributed by atoms with Crippen LogP contribution in [0.15, 0.2) is 54.9 Å². The van der Waals surface area contributed by atoms with Crippen molar-refractivity contribution >= 4 is 51.5 Å². The average Bonchev–Trinajstić information content (AvgIpc) is 3.27. The number of benzene rings is 2. The van der Waals surface area contributed by atoms with Crippen LogP contribution in [-0.4, -0.2) is 58.0 Å². The van der Waals surface area contributed by atoms with E-state index in [1.165, 1.54) is 0 Å². The van der Waals surface area contributed by atoms with Gasteiger partial charge in [0.2, 0.25) is 0 Å². The molecule has 0 bridgehead atoms. The van der Waals surface area contributed by atoms with Crippen LogP contribution in [0.4, 0.5) is 11.4 Å². The Balaban J connectivity index is 1.36. The molecule has 9 heteroatoms. The summed E-state index contributed by atoms with van der Waals surface area (Å²) in [6.45, 7) is 6.26. The molecule has 180 valence electrons. The molecule has 2 N–H and O–H groups in total. The van der Waals surface area contributed by atoms with E-state index in [1.807, 2.05) is 18.2 Å². The van der Waals surface area contributed by atoms with E-state index in [4.69, 9.17) is 23.2 Å². The Bertz CT molecular complexity index is 1360. The molecule has 0 unspecified atom stereocenters. The number of fused-ring (bicyclic) bond motifs is 1. The highest BCUT2D eigenvalue weighted by Crippen LogP contribution is 2.31. The topological polar surface area (TPSA) is 77.1 Å². The number of aromatic amines is 1. The second kappa shape index (κ2) is 9.49. The van der Waals surface area contributed by atoms with Gasteiger partial charge in [-0.25, -0.2) is 4.98 Å². The van der Waals surface area contributed by atoms with Crippen LogP contribution < -0.4 is 10.2 Å². The quantitative estimate of drug-likeness (QED) is 0.369. The average molecular weight is 509 g/mol. The van der Waals surface area contributed by atoms with Gasteiger partial charge in [0.05, 0.1) is 32.8 Å². The molecular weight excluding hydrogens is 483 g/mol. The number of carbonyl (C=O) groups excluding carboxylic acids is 1. The lowest BCUT2D eigenvalue weighted by Gasteiger charge is -2.43. The van der Waals surface area contributed by atoms with Gasteiger partial charge in [0.1, 0.15) is 5.82 Å². The SMILES string of the molecule is C[C@@H]1CN(c2ccc(C(=O)Nc3ccc(Cl)c(-c4nc5ccncc5[nH]4)c3)c(Cl)c2)C[C@H](C)N1C. The molecule has 1 aliphatic heterocycles. The summed E-state index contributed by atoms with van der Waals surface area (Å²) in [5.74, 6) is 0.316. The van der Waals surface area contributed by atoms with Crippen LogP contribution in [0.5, 0.6) is 0 Å². The van der Waals surface area contributed by atoms with Gasteiger partial charge in [-0.2, -0.15) is 0 Å². The zero-order valence-electron chi connectivity index (χ0n) is 19.7. The molecule has 1 aliphatic rings. The Labute approximate surface area is 214 Å². The van der Waals surface area contributed by atoms with E-state index in [0.29, 0.717) is 44.8 Å². The number of likely N-dealkylation sites (N-methyl/N-ethyl adjacent to an activating group) is 1. The summed E-state index contributed by atoms with van der Waals surface area (Å²) in [6, 6.07) is 13.6. The second-order valence-electron chi connectivity index (χ2n) is 9.06. The minimum absolute atomic E-state index is 0.288. The van der Waals surface area contributed by atoms with Crippen LogP contribution in [0.2, 0.25) is 10.0 Å². The fraction of sp³-hybridized carbons (Fsp3) is 0.269. The Morgan fingerprint density at radius 2 is 1.83 bits per heavy atom. The maximum atomic E-state index is 13.1. The molecule has 1 amide bonds. The predicted molar refractivity (Wildman–Crippen MR) is 143 cm³/mol. The molecule has 35 heavy (non-hydrogen) atoms. The van der Waals surface area contributed by atoms with Gasteiger partial charge in [-0.1, -0.05) is 23.2 Å². The van der Waals surface area contributed by atoms with E-state index < -0.39 is 0 Å². The number of carbonyl (C=O) groups is 1. The number of hydrogen-bond donors (Lipinski definition) is 2. The maximum Gasteiger partial charge on any atom is 0.257 e. The lowest BCUT2D eigenvalue weighted by molar-refractivity contribution is 0.102. The monoisotopic (exact) mass is 508 g/mol. The third kappa shape index (κ3) is 4.72. The Kier molecular flexibility index (Phi) is 6.40. The Hall–Kier alpha value is -3.13. The summed E-state index contributed by atoms with van der Waals surface area (Å²) < 4.78 is 0. The highest BCUT2D eigenvalue weighted by molar-refractivity contribution is 6.35. The molecular formula is C26H26Cl2N6O. The molecule has 0 saturated carbocycles. The number of nitrogens with zero attached hydrogens (tertiary/aromatic N) is 4. The van der Waals surface area contributed by atoms with Gasteiger partial charge in [-0.05, 0) is 63.4 Å². The first kappa shape index (κ1) is 23.6. The third-order valence-corrected chi connectivity index (χ3v) is 7.33. The number of amides is 1. The lowest BCUT2D eigenvalue weighted by atomic mass is 10.1. The number of anilines is 2. The van der Waals surface area contributed by atoms with Crippen molar-refractivity contribution < 1.29 is 4.79 Å². The fourth-order valence-electron chi connectivity index (χ4n) is 4.47. The summed E-state index contributed by atoms with van der Waals surface area (Å²) in [7, 11) is 2.15. The van der Waals surface area contributed by atoms with Crippen LogP contribution in [0.1, 0.15) is 24.2 Å². The number of pyridine rings is 1. The minimum atomic E-state index is -0.288. The number of imidazole rings is 1. The molecule has 2 aromatic heterocycles. The molecule has 4 aromatic rings. The molecule has 7 nitrogen and oxygen atoms in total. The van der Waals surface area contributed by atoms with E-state index >= 15 is 0 Å². The smallest absolute Gasteiger partial charge is 0.257 e. The molecule has 2 aromatic carbocycles. The van der Waals surface area contributed by atoms with E-state index in [-0.39, 0.29) is 5.91 Å². The van der Waals surface area contributed by atoms with Gasteiger partial charge in [0.15, 0.2) is 0 Å². The molecule has 5 rings (SSSR count). The summed E-state index contributed by atoms with van der Waals surface area (Å²) in [5, 5.41) is 3.87. The zero-order chi connectivity index (χ0) is 24.7. The summed E-state index contributed by atoms with van der Waals surface area (Å²) in [4.78, 5) is 29.7. The standard InChI is InChI=1S/C26H26Cl2N6O/c1-15-13-34(14-16(2)33(15)3)18-5-6-19(22(28)11-18)26(35)30-17-4-7-21(27)20(10-17)25-31-23-8-9-29-12-24(23)32-25/h4-12,15-16H,13-14H2,1-3H3,(H,30,35)(H,31,32)/t15-,16+. The number of halogens is 2. The Morgan fingerprint density at radius 3 is 2.54 bits per heavy atom. The number of aromatic nitrogens is 3. The first-order valence-electron chi connectivity index (χ1n) is 11.5. The number of rotatable bonds is 4. The second-order valence-corrected chi connectivity index (χ2v) is 9.87.